The van der Waals surface area contributed by atoms with Gasteiger partial charge in [-0.25, -0.2) is 17.6 Å². The molecule has 218 valence electrons. The Bertz CT molecular complexity index is 1260. The molecule has 12 heteroatoms. The number of hydrogen-bond donors (Lipinski definition) is 3. The molecule has 1 aliphatic rings. The van der Waals surface area contributed by atoms with E-state index in [4.69, 9.17) is 16.3 Å². The van der Waals surface area contributed by atoms with Gasteiger partial charge in [0, 0.05) is 25.2 Å². The fourth-order valence-corrected chi connectivity index (χ4v) is 3.92. The summed E-state index contributed by atoms with van der Waals surface area (Å²) in [5.41, 5.74) is -1.34. The Morgan fingerprint density at radius 2 is 1.70 bits per heavy atom. The highest BCUT2D eigenvalue weighted by molar-refractivity contribution is 6.34. The van der Waals surface area contributed by atoms with Crippen LogP contribution in [0.1, 0.15) is 66.8 Å². The molecular formula is C28H32ClF4N3O4. The topological polar surface area (TPSA) is 96.5 Å². The molecule has 0 saturated heterocycles. The standard InChI is InChI=1S/C28H32ClF4N3O4/c1-15(17-6-7-17)35-25(38)20-12-18(8-10-22(20)40-14-23(30)31)36-24(37)19-11-16(5-9-21(19)29)13-34-26(39)27(2,3)28(4,32)33/h5,8-12,15,17,23H,6-7,13-14H2,1-4H3,(H,34,39)(H,35,38)(H,36,37). The van der Waals surface area contributed by atoms with Crippen molar-refractivity contribution in [2.75, 3.05) is 11.9 Å². The lowest BCUT2D eigenvalue weighted by atomic mass is 9.85. The summed E-state index contributed by atoms with van der Waals surface area (Å²) in [4.78, 5) is 38.3. The van der Waals surface area contributed by atoms with Gasteiger partial charge in [0.25, 0.3) is 24.2 Å². The van der Waals surface area contributed by atoms with E-state index in [9.17, 15) is 31.9 Å². The van der Waals surface area contributed by atoms with Gasteiger partial charge in [0.15, 0.2) is 0 Å². The summed E-state index contributed by atoms with van der Waals surface area (Å²) in [6.07, 6.45) is -0.776. The molecule has 0 spiro atoms. The molecule has 0 aromatic heterocycles. The van der Waals surface area contributed by atoms with Crippen molar-refractivity contribution in [3.8, 4) is 5.75 Å². The van der Waals surface area contributed by atoms with Crippen LogP contribution in [-0.2, 0) is 11.3 Å². The van der Waals surface area contributed by atoms with Crippen molar-refractivity contribution < 1.29 is 36.7 Å². The van der Waals surface area contributed by atoms with E-state index < -0.39 is 42.1 Å². The van der Waals surface area contributed by atoms with Crippen molar-refractivity contribution in [2.24, 2.45) is 11.3 Å². The van der Waals surface area contributed by atoms with E-state index >= 15 is 0 Å². The molecule has 3 amide bonds. The summed E-state index contributed by atoms with van der Waals surface area (Å²) in [5, 5.41) is 7.99. The third-order valence-corrected chi connectivity index (χ3v) is 7.26. The lowest BCUT2D eigenvalue weighted by molar-refractivity contribution is -0.151. The van der Waals surface area contributed by atoms with Gasteiger partial charge in [-0.1, -0.05) is 17.7 Å². The monoisotopic (exact) mass is 585 g/mol. The number of hydrogen-bond acceptors (Lipinski definition) is 4. The zero-order valence-corrected chi connectivity index (χ0v) is 23.3. The highest BCUT2D eigenvalue weighted by Gasteiger charge is 2.47. The highest BCUT2D eigenvalue weighted by atomic mass is 35.5. The minimum atomic E-state index is -3.26. The minimum absolute atomic E-state index is 0.0242. The summed E-state index contributed by atoms with van der Waals surface area (Å²) in [7, 11) is 0. The smallest absolute Gasteiger partial charge is 0.272 e. The quantitative estimate of drug-likeness (QED) is 0.264. The van der Waals surface area contributed by atoms with Gasteiger partial charge >= 0.3 is 0 Å². The van der Waals surface area contributed by atoms with E-state index in [1.54, 1.807) is 0 Å². The van der Waals surface area contributed by atoms with Crippen LogP contribution in [-0.4, -0.2) is 42.7 Å². The van der Waals surface area contributed by atoms with Gasteiger partial charge < -0.3 is 20.7 Å². The Balaban J connectivity index is 1.77. The molecule has 2 aromatic carbocycles. The number of anilines is 1. The second-order valence-electron chi connectivity index (χ2n) is 10.5. The molecule has 40 heavy (non-hydrogen) atoms. The van der Waals surface area contributed by atoms with Crippen molar-refractivity contribution >= 4 is 35.0 Å². The maximum atomic E-state index is 13.8. The van der Waals surface area contributed by atoms with Crippen molar-refractivity contribution in [3.63, 3.8) is 0 Å². The Labute approximate surface area is 235 Å². The second kappa shape index (κ2) is 12.4. The van der Waals surface area contributed by atoms with Crippen LogP contribution in [0.25, 0.3) is 0 Å². The van der Waals surface area contributed by atoms with Crippen LogP contribution in [0.2, 0.25) is 5.02 Å². The van der Waals surface area contributed by atoms with E-state index in [0.717, 1.165) is 26.7 Å². The molecule has 1 atom stereocenters. The lowest BCUT2D eigenvalue weighted by Gasteiger charge is -2.29. The Morgan fingerprint density at radius 1 is 1.02 bits per heavy atom. The number of benzene rings is 2. The van der Waals surface area contributed by atoms with Crippen LogP contribution in [0.4, 0.5) is 23.2 Å². The van der Waals surface area contributed by atoms with Crippen LogP contribution in [0.5, 0.6) is 5.75 Å². The number of halogens is 5. The molecular weight excluding hydrogens is 554 g/mol. The minimum Gasteiger partial charge on any atom is -0.487 e. The summed E-state index contributed by atoms with van der Waals surface area (Å²) in [6.45, 7) is 3.75. The number of nitrogens with one attached hydrogen (secondary N) is 3. The van der Waals surface area contributed by atoms with Gasteiger partial charge in [0.1, 0.15) is 17.8 Å². The van der Waals surface area contributed by atoms with Crippen LogP contribution in [0.3, 0.4) is 0 Å². The SMILES string of the molecule is CC(NC(=O)c1cc(NC(=O)c2cc(CNC(=O)C(C)(C)C(C)(F)F)ccc2Cl)ccc1OCC(F)F)C1CC1. The van der Waals surface area contributed by atoms with Crippen LogP contribution >= 0.6 is 11.6 Å². The van der Waals surface area contributed by atoms with E-state index in [1.807, 2.05) is 6.92 Å². The van der Waals surface area contributed by atoms with Crippen molar-refractivity contribution in [2.45, 2.75) is 65.5 Å². The predicted octanol–water partition coefficient (Wildman–Crippen LogP) is 6.06. The largest absolute Gasteiger partial charge is 0.487 e. The first-order valence-electron chi connectivity index (χ1n) is 12.7. The Kier molecular flexibility index (Phi) is 9.71. The number of alkyl halides is 4. The van der Waals surface area contributed by atoms with E-state index in [2.05, 4.69) is 16.0 Å². The zero-order valence-electron chi connectivity index (χ0n) is 22.5. The van der Waals surface area contributed by atoms with Crippen molar-refractivity contribution in [3.05, 3.63) is 58.1 Å². The maximum Gasteiger partial charge on any atom is 0.272 e. The summed E-state index contributed by atoms with van der Waals surface area (Å²) in [6, 6.07) is 8.27. The first-order valence-corrected chi connectivity index (χ1v) is 13.1. The molecule has 0 aliphatic heterocycles. The van der Waals surface area contributed by atoms with Gasteiger partial charge in [-0.3, -0.25) is 14.4 Å². The number of carbonyl (C=O) groups is 3. The van der Waals surface area contributed by atoms with E-state index in [-0.39, 0.29) is 40.2 Å². The fraction of sp³-hybridized carbons (Fsp3) is 0.464. The zero-order chi connectivity index (χ0) is 29.8. The number of carbonyl (C=O) groups excluding carboxylic acids is 3. The number of amides is 3. The van der Waals surface area contributed by atoms with Gasteiger partial charge in [-0.05, 0) is 75.4 Å². The molecule has 7 nitrogen and oxygen atoms in total. The molecule has 1 fully saturated rings. The first kappa shape index (κ1) is 31.2. The van der Waals surface area contributed by atoms with Gasteiger partial charge in [-0.15, -0.1) is 0 Å². The van der Waals surface area contributed by atoms with Gasteiger partial charge in [0.2, 0.25) is 5.91 Å². The normalized spacial score (nSPS) is 14.4. The summed E-state index contributed by atoms with van der Waals surface area (Å²) < 4.78 is 58.2. The molecule has 3 N–H and O–H groups in total. The van der Waals surface area contributed by atoms with E-state index in [1.165, 1.54) is 36.4 Å². The number of rotatable bonds is 12. The van der Waals surface area contributed by atoms with Crippen LogP contribution in [0, 0.1) is 11.3 Å². The molecule has 3 rings (SSSR count). The lowest BCUT2D eigenvalue weighted by Crippen LogP contribution is -2.47. The van der Waals surface area contributed by atoms with Crippen LogP contribution in [0.15, 0.2) is 36.4 Å². The predicted molar refractivity (Wildman–Crippen MR) is 143 cm³/mol. The molecule has 2 aromatic rings. The summed E-state index contributed by atoms with van der Waals surface area (Å²) in [5.74, 6) is -5.02. The van der Waals surface area contributed by atoms with E-state index in [0.29, 0.717) is 18.4 Å². The second-order valence-corrected chi connectivity index (χ2v) is 10.9. The van der Waals surface area contributed by atoms with Crippen LogP contribution < -0.4 is 20.7 Å². The molecule has 1 unspecified atom stereocenters. The molecule has 0 radical (unpaired) electrons. The number of ether oxygens (including phenoxy) is 1. The average Bonchev–Trinajstić information content (AvgIpc) is 3.72. The Morgan fingerprint density at radius 3 is 2.30 bits per heavy atom. The fourth-order valence-electron chi connectivity index (χ4n) is 3.72. The Hall–Kier alpha value is -3.34. The summed E-state index contributed by atoms with van der Waals surface area (Å²) >= 11 is 6.22. The van der Waals surface area contributed by atoms with Gasteiger partial charge in [0.05, 0.1) is 16.1 Å². The molecule has 0 bridgehead atoms. The van der Waals surface area contributed by atoms with Crippen molar-refractivity contribution in [1.82, 2.24) is 10.6 Å². The average molecular weight is 586 g/mol. The van der Waals surface area contributed by atoms with Gasteiger partial charge in [-0.2, -0.15) is 0 Å². The first-order chi connectivity index (χ1) is 18.6. The molecule has 1 saturated carbocycles. The third kappa shape index (κ3) is 7.87. The van der Waals surface area contributed by atoms with Crippen molar-refractivity contribution in [1.29, 1.82) is 0 Å². The third-order valence-electron chi connectivity index (χ3n) is 6.93. The molecule has 1 aliphatic carbocycles. The molecule has 0 heterocycles. The maximum absolute atomic E-state index is 13.8. The highest BCUT2D eigenvalue weighted by Crippen LogP contribution is 2.36.